The van der Waals surface area contributed by atoms with Gasteiger partial charge in [-0.1, -0.05) is 19.7 Å². The molecule has 0 fully saturated rings. The maximum absolute atomic E-state index is 12.2. The van der Waals surface area contributed by atoms with Crippen molar-refractivity contribution in [3.63, 3.8) is 0 Å². The molecular weight excluding hydrogens is 480 g/mol. The van der Waals surface area contributed by atoms with Gasteiger partial charge in [0.1, 0.15) is 34.0 Å². The zero-order valence-corrected chi connectivity index (χ0v) is 19.9. The van der Waals surface area contributed by atoms with Crippen LogP contribution < -0.4 is 14.2 Å². The molecule has 192 valence electrons. The smallest absolute Gasteiger partial charge is 0.350 e. The van der Waals surface area contributed by atoms with Crippen molar-refractivity contribution in [1.29, 1.82) is 0 Å². The molecule has 0 unspecified atom stereocenters. The van der Waals surface area contributed by atoms with Crippen LogP contribution in [0, 0.1) is 0 Å². The van der Waals surface area contributed by atoms with Crippen LogP contribution in [-0.4, -0.2) is 55.6 Å². The predicted molar refractivity (Wildman–Crippen MR) is 121 cm³/mol. The Labute approximate surface area is 206 Å². The standard InChI is InChI=1S/C24H24O12/c1-7-31-19(25)13(4)22(28)34-16-10-17(35-23(29)14(5)20(26)32-8-2)12-18(11-16)36-24(30)15(6)21(27)33-9-3/h10-12H,4-9H2,1-3H3. The minimum atomic E-state index is -1.22. The van der Waals surface area contributed by atoms with Crippen molar-refractivity contribution < 1.29 is 57.2 Å². The lowest BCUT2D eigenvalue weighted by molar-refractivity contribution is -0.144. The van der Waals surface area contributed by atoms with Crippen molar-refractivity contribution in [2.24, 2.45) is 0 Å². The normalized spacial score (nSPS) is 9.75. The van der Waals surface area contributed by atoms with E-state index in [1.807, 2.05) is 0 Å². The fraction of sp³-hybridized carbons (Fsp3) is 0.250. The average molecular weight is 504 g/mol. The van der Waals surface area contributed by atoms with Gasteiger partial charge in [-0.25, -0.2) is 28.8 Å². The van der Waals surface area contributed by atoms with Crippen LogP contribution in [0.2, 0.25) is 0 Å². The lowest BCUT2D eigenvalue weighted by Gasteiger charge is -2.12. The number of hydrogen-bond acceptors (Lipinski definition) is 12. The first-order valence-corrected chi connectivity index (χ1v) is 10.3. The van der Waals surface area contributed by atoms with Crippen molar-refractivity contribution in [2.75, 3.05) is 19.8 Å². The Morgan fingerprint density at radius 3 is 0.917 bits per heavy atom. The highest BCUT2D eigenvalue weighted by Crippen LogP contribution is 2.29. The Hall–Kier alpha value is -4.74. The second-order valence-corrected chi connectivity index (χ2v) is 6.41. The van der Waals surface area contributed by atoms with Crippen molar-refractivity contribution in [2.45, 2.75) is 20.8 Å². The molecule has 0 radical (unpaired) electrons. The van der Waals surface area contributed by atoms with Crippen LogP contribution in [0.15, 0.2) is 54.7 Å². The monoisotopic (exact) mass is 504 g/mol. The van der Waals surface area contributed by atoms with E-state index in [2.05, 4.69) is 33.9 Å². The summed E-state index contributed by atoms with van der Waals surface area (Å²) in [6.45, 7) is 14.3. The van der Waals surface area contributed by atoms with Crippen LogP contribution in [0.3, 0.4) is 0 Å². The summed E-state index contributed by atoms with van der Waals surface area (Å²) in [5.41, 5.74) is -1.95. The molecule has 12 nitrogen and oxygen atoms in total. The summed E-state index contributed by atoms with van der Waals surface area (Å²) in [5.74, 6) is -7.89. The summed E-state index contributed by atoms with van der Waals surface area (Å²) in [6, 6.07) is 3.01. The molecule has 0 N–H and O–H groups in total. The van der Waals surface area contributed by atoms with Gasteiger partial charge in [0.25, 0.3) is 0 Å². The highest BCUT2D eigenvalue weighted by molar-refractivity contribution is 6.15. The van der Waals surface area contributed by atoms with Gasteiger partial charge in [0.15, 0.2) is 0 Å². The van der Waals surface area contributed by atoms with Gasteiger partial charge in [-0.2, -0.15) is 0 Å². The first-order chi connectivity index (χ1) is 16.9. The zero-order chi connectivity index (χ0) is 27.4. The van der Waals surface area contributed by atoms with Crippen LogP contribution >= 0.6 is 0 Å². The Kier molecular flexibility index (Phi) is 11.3. The van der Waals surface area contributed by atoms with Crippen molar-refractivity contribution in [3.8, 4) is 17.2 Å². The third-order valence-electron chi connectivity index (χ3n) is 3.79. The summed E-state index contributed by atoms with van der Waals surface area (Å²) in [4.78, 5) is 71.9. The van der Waals surface area contributed by atoms with E-state index in [-0.39, 0.29) is 37.1 Å². The number of benzene rings is 1. The molecule has 1 aromatic carbocycles. The van der Waals surface area contributed by atoms with Gasteiger partial charge in [-0.15, -0.1) is 0 Å². The largest absolute Gasteiger partial charge is 0.462 e. The minimum Gasteiger partial charge on any atom is -0.462 e. The fourth-order valence-electron chi connectivity index (χ4n) is 2.13. The molecule has 1 aromatic rings. The molecule has 0 aromatic heterocycles. The minimum absolute atomic E-state index is 0.0224. The van der Waals surface area contributed by atoms with Crippen LogP contribution in [0.4, 0.5) is 0 Å². The Morgan fingerprint density at radius 1 is 0.500 bits per heavy atom. The SMILES string of the molecule is C=C(C(=O)OCC)C(=O)Oc1cc(OC(=O)C(=C)C(=O)OCC)cc(OC(=O)C(=C)C(=O)OCC)c1. The highest BCUT2D eigenvalue weighted by Gasteiger charge is 2.24. The van der Waals surface area contributed by atoms with Gasteiger partial charge >= 0.3 is 35.8 Å². The summed E-state index contributed by atoms with van der Waals surface area (Å²) in [7, 11) is 0. The number of hydrogen-bond donors (Lipinski definition) is 0. The Morgan fingerprint density at radius 2 is 0.722 bits per heavy atom. The van der Waals surface area contributed by atoms with E-state index in [0.29, 0.717) is 0 Å². The molecular formula is C24H24O12. The maximum atomic E-state index is 12.2. The van der Waals surface area contributed by atoms with E-state index in [4.69, 9.17) is 14.2 Å². The number of rotatable bonds is 12. The second-order valence-electron chi connectivity index (χ2n) is 6.41. The summed E-state index contributed by atoms with van der Waals surface area (Å²) >= 11 is 0. The fourth-order valence-corrected chi connectivity index (χ4v) is 2.13. The third kappa shape index (κ3) is 8.56. The molecule has 0 aliphatic carbocycles. The zero-order valence-electron chi connectivity index (χ0n) is 19.9. The molecule has 0 aliphatic heterocycles. The van der Waals surface area contributed by atoms with Crippen molar-refractivity contribution in [3.05, 3.63) is 54.7 Å². The van der Waals surface area contributed by atoms with E-state index in [9.17, 15) is 28.8 Å². The second kappa shape index (κ2) is 13.8. The maximum Gasteiger partial charge on any atom is 0.350 e. The molecule has 0 saturated carbocycles. The molecule has 0 atom stereocenters. The van der Waals surface area contributed by atoms with Crippen molar-refractivity contribution >= 4 is 35.8 Å². The molecule has 0 heterocycles. The quantitative estimate of drug-likeness (QED) is 0.102. The summed E-state index contributed by atoms with van der Waals surface area (Å²) in [6.07, 6.45) is 0. The molecule has 0 aliphatic rings. The molecule has 0 bridgehead atoms. The lowest BCUT2D eigenvalue weighted by Crippen LogP contribution is -2.21. The van der Waals surface area contributed by atoms with Crippen LogP contribution in [-0.2, 0) is 43.0 Å². The number of carbonyl (C=O) groups excluding carboxylic acids is 6. The first-order valence-electron chi connectivity index (χ1n) is 10.3. The van der Waals surface area contributed by atoms with Gasteiger partial charge < -0.3 is 28.4 Å². The van der Waals surface area contributed by atoms with E-state index in [1.165, 1.54) is 20.8 Å². The number of ether oxygens (including phenoxy) is 6. The average Bonchev–Trinajstić information content (AvgIpc) is 2.82. The van der Waals surface area contributed by atoms with Crippen LogP contribution in [0.25, 0.3) is 0 Å². The Balaban J connectivity index is 3.26. The summed E-state index contributed by atoms with van der Waals surface area (Å²) < 4.78 is 29.1. The van der Waals surface area contributed by atoms with Gasteiger partial charge in [0.05, 0.1) is 19.8 Å². The molecule has 1 rings (SSSR count). The predicted octanol–water partition coefficient (Wildman–Crippen LogP) is 1.76. The third-order valence-corrected chi connectivity index (χ3v) is 3.79. The van der Waals surface area contributed by atoms with Gasteiger partial charge in [0.2, 0.25) is 0 Å². The van der Waals surface area contributed by atoms with Crippen LogP contribution in [0.5, 0.6) is 17.2 Å². The number of carbonyl (C=O) groups is 6. The summed E-state index contributed by atoms with van der Waals surface area (Å²) in [5, 5.41) is 0. The van der Waals surface area contributed by atoms with E-state index in [1.54, 1.807) is 0 Å². The number of esters is 6. The van der Waals surface area contributed by atoms with Gasteiger partial charge in [-0.3, -0.25) is 0 Å². The van der Waals surface area contributed by atoms with Gasteiger partial charge in [-0.05, 0) is 20.8 Å². The Bertz CT molecular complexity index is 962. The van der Waals surface area contributed by atoms with Gasteiger partial charge in [0, 0.05) is 18.2 Å². The van der Waals surface area contributed by atoms with E-state index in [0.717, 1.165) is 18.2 Å². The van der Waals surface area contributed by atoms with Crippen molar-refractivity contribution in [1.82, 2.24) is 0 Å². The lowest BCUT2D eigenvalue weighted by atomic mass is 10.2. The van der Waals surface area contributed by atoms with Crippen LogP contribution in [0.1, 0.15) is 20.8 Å². The molecule has 0 spiro atoms. The highest BCUT2D eigenvalue weighted by atomic mass is 16.6. The van der Waals surface area contributed by atoms with E-state index < -0.39 is 52.5 Å². The molecule has 0 saturated heterocycles. The first kappa shape index (κ1) is 29.3. The molecule has 12 heteroatoms. The van der Waals surface area contributed by atoms with E-state index >= 15 is 0 Å². The molecule has 0 amide bonds. The topological polar surface area (TPSA) is 158 Å². The molecule has 36 heavy (non-hydrogen) atoms.